The van der Waals surface area contributed by atoms with Crippen LogP contribution in [0.15, 0.2) is 59.3 Å². The van der Waals surface area contributed by atoms with Crippen molar-refractivity contribution in [2.75, 3.05) is 5.32 Å². The van der Waals surface area contributed by atoms with Crippen molar-refractivity contribution in [1.29, 1.82) is 0 Å². The number of rotatable bonds is 4. The molecule has 26 heavy (non-hydrogen) atoms. The van der Waals surface area contributed by atoms with Gasteiger partial charge in [0.05, 0.1) is 5.56 Å². The predicted octanol–water partition coefficient (Wildman–Crippen LogP) is 5.52. The summed E-state index contributed by atoms with van der Waals surface area (Å²) in [5.74, 6) is -0.562. The summed E-state index contributed by atoms with van der Waals surface area (Å²) in [5.41, 5.74) is 1.95. The van der Waals surface area contributed by atoms with Crippen LogP contribution in [-0.4, -0.2) is 10.9 Å². The van der Waals surface area contributed by atoms with Crippen molar-refractivity contribution in [3.63, 3.8) is 0 Å². The van der Waals surface area contributed by atoms with Crippen LogP contribution in [0.4, 0.5) is 9.52 Å². The van der Waals surface area contributed by atoms with Crippen molar-refractivity contribution in [3.8, 4) is 0 Å². The molecule has 0 radical (unpaired) electrons. The second-order valence-corrected chi connectivity index (χ2v) is 7.23. The van der Waals surface area contributed by atoms with E-state index in [-0.39, 0.29) is 11.7 Å². The molecule has 2 heterocycles. The van der Waals surface area contributed by atoms with Crippen LogP contribution in [-0.2, 0) is 6.42 Å². The highest BCUT2D eigenvalue weighted by atomic mass is 35.5. The first-order valence-electron chi connectivity index (χ1n) is 7.76. The van der Waals surface area contributed by atoms with Crippen molar-refractivity contribution in [1.82, 2.24) is 4.98 Å². The van der Waals surface area contributed by atoms with Gasteiger partial charge in [0.2, 0.25) is 0 Å². The number of aromatic nitrogens is 1. The highest BCUT2D eigenvalue weighted by molar-refractivity contribution is 7.15. The molecule has 0 bridgehead atoms. The largest absolute Gasteiger partial charge is 0.463 e. The lowest BCUT2D eigenvalue weighted by Gasteiger charge is -2.00. The minimum atomic E-state index is -0.297. The minimum absolute atomic E-state index is 0.264. The van der Waals surface area contributed by atoms with Crippen molar-refractivity contribution in [2.45, 2.75) is 6.42 Å². The Morgan fingerprint density at radius 3 is 2.85 bits per heavy atom. The van der Waals surface area contributed by atoms with E-state index in [0.29, 0.717) is 33.1 Å². The molecule has 0 saturated heterocycles. The fourth-order valence-electron chi connectivity index (χ4n) is 2.59. The number of nitrogens with zero attached hydrogens (tertiary/aromatic N) is 1. The van der Waals surface area contributed by atoms with Crippen LogP contribution in [0.25, 0.3) is 11.0 Å². The fraction of sp³-hybridized carbons (Fsp3) is 0.0526. The lowest BCUT2D eigenvalue weighted by Crippen LogP contribution is -2.10. The second-order valence-electron chi connectivity index (χ2n) is 5.68. The van der Waals surface area contributed by atoms with Crippen LogP contribution in [0.2, 0.25) is 5.02 Å². The third-order valence-electron chi connectivity index (χ3n) is 3.85. The predicted molar refractivity (Wildman–Crippen MR) is 100 cm³/mol. The number of hydrogen-bond acceptors (Lipinski definition) is 4. The molecule has 0 spiro atoms. The number of carbonyl (C=O) groups is 1. The molecule has 2 aromatic heterocycles. The van der Waals surface area contributed by atoms with E-state index in [1.807, 2.05) is 0 Å². The van der Waals surface area contributed by atoms with Crippen LogP contribution >= 0.6 is 22.9 Å². The first kappa shape index (κ1) is 16.8. The zero-order valence-electron chi connectivity index (χ0n) is 13.3. The SMILES string of the molecule is O=C(Nc1ncc(Cc2ccc(F)cc2)s1)c1coc2cc(Cl)ccc12. The van der Waals surface area contributed by atoms with E-state index >= 15 is 0 Å². The van der Waals surface area contributed by atoms with Crippen LogP contribution in [0, 0.1) is 5.82 Å². The maximum Gasteiger partial charge on any atom is 0.261 e. The van der Waals surface area contributed by atoms with Gasteiger partial charge in [-0.05, 0) is 29.8 Å². The van der Waals surface area contributed by atoms with Gasteiger partial charge in [0, 0.05) is 34.0 Å². The molecule has 4 rings (SSSR count). The summed E-state index contributed by atoms with van der Waals surface area (Å²) in [6.45, 7) is 0. The number of halogens is 2. The van der Waals surface area contributed by atoms with Gasteiger partial charge < -0.3 is 4.42 Å². The average Bonchev–Trinajstić information content (AvgIpc) is 3.23. The minimum Gasteiger partial charge on any atom is -0.463 e. The number of fused-ring (bicyclic) bond motifs is 1. The zero-order chi connectivity index (χ0) is 18.1. The van der Waals surface area contributed by atoms with Crippen LogP contribution in [0.1, 0.15) is 20.8 Å². The Labute approximate surface area is 157 Å². The first-order valence-corrected chi connectivity index (χ1v) is 8.95. The van der Waals surface area contributed by atoms with Crippen molar-refractivity contribution in [2.24, 2.45) is 0 Å². The lowest BCUT2D eigenvalue weighted by atomic mass is 10.1. The number of amides is 1. The third kappa shape index (κ3) is 3.47. The molecule has 1 amide bonds. The molecule has 7 heteroatoms. The van der Waals surface area contributed by atoms with Gasteiger partial charge in [0.15, 0.2) is 5.13 Å². The Morgan fingerprint density at radius 1 is 1.23 bits per heavy atom. The summed E-state index contributed by atoms with van der Waals surface area (Å²) in [4.78, 5) is 17.7. The molecule has 1 N–H and O–H groups in total. The van der Waals surface area contributed by atoms with Gasteiger partial charge in [0.25, 0.3) is 5.91 Å². The van der Waals surface area contributed by atoms with Crippen molar-refractivity contribution < 1.29 is 13.6 Å². The Morgan fingerprint density at radius 2 is 2.04 bits per heavy atom. The smallest absolute Gasteiger partial charge is 0.261 e. The number of nitrogens with one attached hydrogen (secondary N) is 1. The number of carbonyl (C=O) groups excluding carboxylic acids is 1. The molecule has 0 aliphatic rings. The van der Waals surface area contributed by atoms with Crippen LogP contribution < -0.4 is 5.32 Å². The van der Waals surface area contributed by atoms with E-state index in [0.717, 1.165) is 10.4 Å². The van der Waals surface area contributed by atoms with Gasteiger partial charge >= 0.3 is 0 Å². The third-order valence-corrected chi connectivity index (χ3v) is 5.00. The Hall–Kier alpha value is -2.70. The van der Waals surface area contributed by atoms with Crippen molar-refractivity contribution in [3.05, 3.63) is 81.8 Å². The quantitative estimate of drug-likeness (QED) is 0.502. The Balaban J connectivity index is 1.49. The maximum absolute atomic E-state index is 13.0. The zero-order valence-corrected chi connectivity index (χ0v) is 14.9. The van der Waals surface area contributed by atoms with Gasteiger partial charge in [-0.25, -0.2) is 9.37 Å². The number of anilines is 1. The number of furan rings is 1. The fourth-order valence-corrected chi connectivity index (χ4v) is 3.60. The first-order chi connectivity index (χ1) is 12.6. The molecule has 0 saturated carbocycles. The summed E-state index contributed by atoms with van der Waals surface area (Å²) < 4.78 is 18.4. The van der Waals surface area contributed by atoms with E-state index in [1.54, 1.807) is 36.5 Å². The van der Waals surface area contributed by atoms with Crippen LogP contribution in [0.3, 0.4) is 0 Å². The van der Waals surface area contributed by atoms with Gasteiger partial charge in [-0.15, -0.1) is 11.3 Å². The van der Waals surface area contributed by atoms with Crippen molar-refractivity contribution >= 4 is 44.9 Å². The highest BCUT2D eigenvalue weighted by Gasteiger charge is 2.15. The standard InChI is InChI=1S/C19H12ClFN2O2S/c20-12-3-6-15-16(10-25-17(15)8-12)18(24)23-19-22-9-14(26-19)7-11-1-4-13(21)5-2-11/h1-6,8-10H,7H2,(H,22,23,24). The second kappa shape index (κ2) is 6.90. The van der Waals surface area contributed by atoms with Gasteiger partial charge in [-0.1, -0.05) is 23.7 Å². The molecule has 0 aliphatic heterocycles. The highest BCUT2D eigenvalue weighted by Crippen LogP contribution is 2.26. The average molecular weight is 387 g/mol. The van der Waals surface area contributed by atoms with Gasteiger partial charge in [-0.2, -0.15) is 0 Å². The number of benzene rings is 2. The normalized spacial score (nSPS) is 11.0. The number of thiazole rings is 1. The topological polar surface area (TPSA) is 55.1 Å². The molecule has 0 fully saturated rings. The van der Waals surface area contributed by atoms with E-state index in [9.17, 15) is 9.18 Å². The molecular formula is C19H12ClFN2O2S. The lowest BCUT2D eigenvalue weighted by molar-refractivity contribution is 0.102. The van der Waals surface area contributed by atoms with E-state index in [2.05, 4.69) is 10.3 Å². The van der Waals surface area contributed by atoms with E-state index < -0.39 is 0 Å². The monoisotopic (exact) mass is 386 g/mol. The summed E-state index contributed by atoms with van der Waals surface area (Å²) in [5, 5.41) is 4.51. The maximum atomic E-state index is 13.0. The number of hydrogen-bond donors (Lipinski definition) is 1. The molecule has 2 aromatic carbocycles. The summed E-state index contributed by atoms with van der Waals surface area (Å²) in [7, 11) is 0. The summed E-state index contributed by atoms with van der Waals surface area (Å²) in [6.07, 6.45) is 3.74. The van der Waals surface area contributed by atoms with Crippen LogP contribution in [0.5, 0.6) is 0 Å². The molecule has 0 aliphatic carbocycles. The molecule has 4 aromatic rings. The Kier molecular flexibility index (Phi) is 4.44. The summed E-state index contributed by atoms with van der Waals surface area (Å²) >= 11 is 7.30. The molecule has 130 valence electrons. The van der Waals surface area contributed by atoms with Gasteiger partial charge in [0.1, 0.15) is 17.7 Å². The van der Waals surface area contributed by atoms with E-state index in [4.69, 9.17) is 16.0 Å². The molecule has 4 nitrogen and oxygen atoms in total. The van der Waals surface area contributed by atoms with E-state index in [1.165, 1.54) is 29.7 Å². The summed E-state index contributed by atoms with van der Waals surface area (Å²) in [6, 6.07) is 11.4. The molecule has 0 unspecified atom stereocenters. The molecular weight excluding hydrogens is 375 g/mol. The molecule has 0 atom stereocenters. The Bertz CT molecular complexity index is 1090. The van der Waals surface area contributed by atoms with Gasteiger partial charge in [-0.3, -0.25) is 10.1 Å².